The van der Waals surface area contributed by atoms with Crippen molar-refractivity contribution in [2.75, 3.05) is 33.0 Å². The van der Waals surface area contributed by atoms with Gasteiger partial charge in [0.05, 0.1) is 25.4 Å². The molecule has 3 N–H and O–H groups in total. The highest BCUT2D eigenvalue weighted by Crippen LogP contribution is 2.11. The van der Waals surface area contributed by atoms with Gasteiger partial charge in [0.25, 0.3) is 0 Å². The highest BCUT2D eigenvalue weighted by atomic mass is 16.5. The van der Waals surface area contributed by atoms with E-state index in [9.17, 15) is 5.11 Å². The van der Waals surface area contributed by atoms with Gasteiger partial charge in [-0.2, -0.15) is 0 Å². The first kappa shape index (κ1) is 42.8. The minimum Gasteiger partial charge on any atom is -0.394 e. The van der Waals surface area contributed by atoms with Crippen LogP contribution in [0.4, 0.5) is 0 Å². The standard InChI is InChI=1S/C40H75NO3/c1-3-5-7-9-11-13-15-17-19-21-23-25-27-29-31-33-35-43-38-40(41,37-42)39-44-36-34-32-30-28-26-24-22-20-18-16-14-12-10-8-6-4-2/h11-14,17-20,42H,3-10,15-16,21-39,41H2,1-2H3/b13-11-,14-12-,19-17-,20-18-. The fraction of sp³-hybridized carbons (Fsp3) is 0.800. The van der Waals surface area contributed by atoms with Crippen LogP contribution in [0.1, 0.15) is 168 Å². The van der Waals surface area contributed by atoms with Gasteiger partial charge >= 0.3 is 0 Å². The van der Waals surface area contributed by atoms with E-state index in [0.717, 1.165) is 25.7 Å². The summed E-state index contributed by atoms with van der Waals surface area (Å²) in [7, 11) is 0. The molecule has 0 aromatic carbocycles. The normalized spacial score (nSPS) is 12.7. The third kappa shape index (κ3) is 33.7. The van der Waals surface area contributed by atoms with Gasteiger partial charge < -0.3 is 20.3 Å². The number of allylic oxidation sites excluding steroid dienone is 8. The fourth-order valence-electron chi connectivity index (χ4n) is 5.07. The molecule has 0 aliphatic carbocycles. The average molecular weight is 618 g/mol. The summed E-state index contributed by atoms with van der Waals surface area (Å²) in [5.41, 5.74) is 5.53. The molecule has 258 valence electrons. The molecular formula is C40H75NO3. The van der Waals surface area contributed by atoms with Crippen LogP contribution in [0.5, 0.6) is 0 Å². The van der Waals surface area contributed by atoms with Crippen molar-refractivity contribution in [1.82, 2.24) is 0 Å². The predicted molar refractivity (Wildman–Crippen MR) is 194 cm³/mol. The molecule has 44 heavy (non-hydrogen) atoms. The largest absolute Gasteiger partial charge is 0.394 e. The molecule has 0 aliphatic heterocycles. The first-order valence-electron chi connectivity index (χ1n) is 18.8. The molecule has 0 saturated carbocycles. The quantitative estimate of drug-likeness (QED) is 0.0548. The third-order valence-corrected chi connectivity index (χ3v) is 8.07. The lowest BCUT2D eigenvalue weighted by Gasteiger charge is -2.26. The minimum atomic E-state index is -0.795. The zero-order valence-electron chi connectivity index (χ0n) is 29.5. The van der Waals surface area contributed by atoms with Gasteiger partial charge in [-0.1, -0.05) is 140 Å². The topological polar surface area (TPSA) is 64.7 Å². The second kappa shape index (κ2) is 36.3. The average Bonchev–Trinajstić information content (AvgIpc) is 3.03. The van der Waals surface area contributed by atoms with Crippen LogP contribution in [0.3, 0.4) is 0 Å². The van der Waals surface area contributed by atoms with Gasteiger partial charge in [-0.15, -0.1) is 0 Å². The molecule has 0 aromatic rings. The van der Waals surface area contributed by atoms with Crippen molar-refractivity contribution in [3.05, 3.63) is 48.6 Å². The summed E-state index contributed by atoms with van der Waals surface area (Å²) in [5, 5.41) is 9.77. The summed E-state index contributed by atoms with van der Waals surface area (Å²) in [6.07, 6.45) is 48.3. The number of aliphatic hydroxyl groups is 1. The van der Waals surface area contributed by atoms with Crippen LogP contribution in [-0.4, -0.2) is 43.7 Å². The molecular weight excluding hydrogens is 542 g/mol. The fourth-order valence-corrected chi connectivity index (χ4v) is 5.07. The number of nitrogens with two attached hydrogens (primary N) is 1. The van der Waals surface area contributed by atoms with Crippen LogP contribution < -0.4 is 5.73 Å². The molecule has 0 spiro atoms. The van der Waals surface area contributed by atoms with Crippen molar-refractivity contribution in [2.24, 2.45) is 5.73 Å². The number of hydrogen-bond acceptors (Lipinski definition) is 4. The molecule has 0 amide bonds. The van der Waals surface area contributed by atoms with E-state index in [1.807, 2.05) is 0 Å². The Hall–Kier alpha value is -1.20. The first-order valence-corrected chi connectivity index (χ1v) is 18.8. The van der Waals surface area contributed by atoms with Crippen LogP contribution in [0.15, 0.2) is 48.6 Å². The van der Waals surface area contributed by atoms with Gasteiger partial charge in [0.1, 0.15) is 0 Å². The van der Waals surface area contributed by atoms with Crippen molar-refractivity contribution in [2.45, 2.75) is 173 Å². The van der Waals surface area contributed by atoms with Gasteiger partial charge in [-0.25, -0.2) is 0 Å². The van der Waals surface area contributed by atoms with Crippen molar-refractivity contribution >= 4 is 0 Å². The van der Waals surface area contributed by atoms with Gasteiger partial charge in [0, 0.05) is 13.2 Å². The zero-order chi connectivity index (χ0) is 32.1. The number of aliphatic hydroxyl groups excluding tert-OH is 1. The van der Waals surface area contributed by atoms with E-state index in [1.54, 1.807) is 0 Å². The maximum Gasteiger partial charge on any atom is 0.0862 e. The summed E-state index contributed by atoms with van der Waals surface area (Å²) in [6.45, 7) is 6.52. The molecule has 0 radical (unpaired) electrons. The van der Waals surface area contributed by atoms with Crippen molar-refractivity contribution in [1.29, 1.82) is 0 Å². The Morgan fingerprint density at radius 1 is 0.455 bits per heavy atom. The van der Waals surface area contributed by atoms with E-state index in [1.165, 1.54) is 128 Å². The van der Waals surface area contributed by atoms with Crippen LogP contribution in [0.25, 0.3) is 0 Å². The number of unbranched alkanes of at least 4 members (excludes halogenated alkanes) is 18. The molecule has 0 fully saturated rings. The number of ether oxygens (including phenoxy) is 2. The minimum absolute atomic E-state index is 0.111. The number of rotatable bonds is 35. The lowest BCUT2D eigenvalue weighted by molar-refractivity contribution is -0.00366. The predicted octanol–water partition coefficient (Wildman–Crippen LogP) is 11.3. The summed E-state index contributed by atoms with van der Waals surface area (Å²) in [5.74, 6) is 0. The Balaban J connectivity index is 3.49. The number of hydrogen-bond donors (Lipinski definition) is 2. The van der Waals surface area contributed by atoms with Crippen LogP contribution in [0, 0.1) is 0 Å². The summed E-state index contributed by atoms with van der Waals surface area (Å²) in [6, 6.07) is 0. The highest BCUT2D eigenvalue weighted by Gasteiger charge is 2.24. The molecule has 4 heteroatoms. The van der Waals surface area contributed by atoms with Crippen LogP contribution in [-0.2, 0) is 9.47 Å². The SMILES string of the molecule is CCCCC/C=C\C/C=C\CCCCCCCCOCC(N)(CO)COCCCCCCCC/C=C\C/C=C\CCCCC. The Morgan fingerprint density at radius 3 is 1.11 bits per heavy atom. The van der Waals surface area contributed by atoms with Gasteiger partial charge in [-0.05, 0) is 77.0 Å². The molecule has 4 nitrogen and oxygen atoms in total. The monoisotopic (exact) mass is 618 g/mol. The molecule has 0 rings (SSSR count). The molecule has 0 unspecified atom stereocenters. The molecule has 0 aliphatic rings. The molecule has 0 aromatic heterocycles. The molecule has 0 saturated heterocycles. The Kier molecular flexibility index (Phi) is 35.3. The maximum atomic E-state index is 9.77. The van der Waals surface area contributed by atoms with Gasteiger partial charge in [-0.3, -0.25) is 0 Å². The summed E-state index contributed by atoms with van der Waals surface area (Å²) >= 11 is 0. The smallest absolute Gasteiger partial charge is 0.0862 e. The first-order chi connectivity index (χ1) is 21.7. The summed E-state index contributed by atoms with van der Waals surface area (Å²) < 4.78 is 11.6. The van der Waals surface area contributed by atoms with Crippen molar-refractivity contribution in [3.8, 4) is 0 Å². The molecule has 0 atom stereocenters. The molecule has 0 heterocycles. The Bertz CT molecular complexity index is 618. The lowest BCUT2D eigenvalue weighted by atomic mass is 10.1. The van der Waals surface area contributed by atoms with E-state index in [2.05, 4.69) is 62.5 Å². The summed E-state index contributed by atoms with van der Waals surface area (Å²) in [4.78, 5) is 0. The second-order valence-electron chi connectivity index (χ2n) is 12.8. The van der Waals surface area contributed by atoms with Crippen molar-refractivity contribution in [3.63, 3.8) is 0 Å². The van der Waals surface area contributed by atoms with Crippen LogP contribution >= 0.6 is 0 Å². The lowest BCUT2D eigenvalue weighted by Crippen LogP contribution is -2.52. The second-order valence-corrected chi connectivity index (χ2v) is 12.8. The van der Waals surface area contributed by atoms with E-state index in [0.29, 0.717) is 26.4 Å². The highest BCUT2D eigenvalue weighted by molar-refractivity contribution is 4.93. The van der Waals surface area contributed by atoms with E-state index in [4.69, 9.17) is 15.2 Å². The van der Waals surface area contributed by atoms with Crippen LogP contribution in [0.2, 0.25) is 0 Å². The van der Waals surface area contributed by atoms with E-state index in [-0.39, 0.29) is 6.61 Å². The van der Waals surface area contributed by atoms with Gasteiger partial charge in [0.15, 0.2) is 0 Å². The van der Waals surface area contributed by atoms with E-state index < -0.39 is 5.54 Å². The van der Waals surface area contributed by atoms with Crippen molar-refractivity contribution < 1.29 is 14.6 Å². The van der Waals surface area contributed by atoms with E-state index >= 15 is 0 Å². The van der Waals surface area contributed by atoms with Gasteiger partial charge in [0.2, 0.25) is 0 Å². The Labute approximate surface area is 275 Å². The Morgan fingerprint density at radius 2 is 0.773 bits per heavy atom. The maximum absolute atomic E-state index is 9.77. The third-order valence-electron chi connectivity index (χ3n) is 8.07. The molecule has 0 bridgehead atoms. The zero-order valence-corrected chi connectivity index (χ0v) is 29.5.